The molecule has 0 unspecified atom stereocenters. The first-order chi connectivity index (χ1) is 20.4. The quantitative estimate of drug-likeness (QED) is 0.311. The van der Waals surface area contributed by atoms with Gasteiger partial charge in [-0.1, -0.05) is 25.4 Å². The van der Waals surface area contributed by atoms with E-state index in [1.54, 1.807) is 43.4 Å². The molecule has 4 rings (SSSR count). The van der Waals surface area contributed by atoms with Crippen LogP contribution in [0.5, 0.6) is 11.5 Å². The predicted octanol–water partition coefficient (Wildman–Crippen LogP) is 3.95. The Kier molecular flexibility index (Phi) is 11.0. The van der Waals surface area contributed by atoms with E-state index in [-0.39, 0.29) is 18.4 Å². The van der Waals surface area contributed by atoms with Gasteiger partial charge in [0, 0.05) is 55.4 Å². The molecule has 0 aliphatic carbocycles. The third kappa shape index (κ3) is 7.68. The van der Waals surface area contributed by atoms with Crippen LogP contribution in [0.3, 0.4) is 0 Å². The van der Waals surface area contributed by atoms with E-state index in [0.29, 0.717) is 61.4 Å². The van der Waals surface area contributed by atoms with Crippen LogP contribution in [0.2, 0.25) is 5.02 Å². The molecule has 2 aromatic carbocycles. The van der Waals surface area contributed by atoms with Gasteiger partial charge in [0.2, 0.25) is 5.91 Å². The van der Waals surface area contributed by atoms with Crippen molar-refractivity contribution >= 4 is 29.2 Å². The van der Waals surface area contributed by atoms with Crippen LogP contribution >= 0.6 is 11.6 Å². The first kappa shape index (κ1) is 31.1. The van der Waals surface area contributed by atoms with Crippen LogP contribution in [0, 0.1) is 0 Å². The molecule has 1 aliphatic heterocycles. The van der Waals surface area contributed by atoms with Crippen molar-refractivity contribution in [1.82, 2.24) is 24.9 Å². The zero-order valence-electron chi connectivity index (χ0n) is 24.8. The second kappa shape index (κ2) is 14.8. The maximum Gasteiger partial charge on any atom is 0.254 e. The van der Waals surface area contributed by atoms with Gasteiger partial charge in [-0.15, -0.1) is 10.2 Å². The Balaban J connectivity index is 1.37. The molecule has 0 spiro atoms. The van der Waals surface area contributed by atoms with Gasteiger partial charge in [-0.05, 0) is 67.7 Å². The van der Waals surface area contributed by atoms with Crippen molar-refractivity contribution in [3.05, 3.63) is 65.2 Å². The molecule has 0 saturated carbocycles. The number of methoxy groups -OCH3 is 2. The van der Waals surface area contributed by atoms with Crippen molar-refractivity contribution in [2.45, 2.75) is 13.8 Å². The van der Waals surface area contributed by atoms with Crippen molar-refractivity contribution < 1.29 is 19.1 Å². The Hall–Kier alpha value is -3.89. The summed E-state index contributed by atoms with van der Waals surface area (Å²) in [6.07, 6.45) is 0. The number of ether oxygens (including phenoxy) is 2. The summed E-state index contributed by atoms with van der Waals surface area (Å²) < 4.78 is 10.7. The van der Waals surface area contributed by atoms with E-state index in [2.05, 4.69) is 33.8 Å². The summed E-state index contributed by atoms with van der Waals surface area (Å²) in [7, 11) is 3.20. The molecule has 1 saturated heterocycles. The van der Waals surface area contributed by atoms with E-state index in [4.69, 9.17) is 21.1 Å². The van der Waals surface area contributed by atoms with Crippen molar-refractivity contribution in [2.75, 3.05) is 78.0 Å². The molecule has 224 valence electrons. The lowest BCUT2D eigenvalue weighted by Gasteiger charge is -2.36. The maximum absolute atomic E-state index is 13.4. The van der Waals surface area contributed by atoms with E-state index in [0.717, 1.165) is 30.2 Å². The number of aromatic nitrogens is 2. The van der Waals surface area contributed by atoms with E-state index < -0.39 is 0 Å². The summed E-state index contributed by atoms with van der Waals surface area (Å²) >= 11 is 6.02. The fraction of sp³-hybridized carbons (Fsp3) is 0.419. The standard InChI is InChI=1S/C31H39ClN6O4/c1-5-35(6-2)15-16-38(31(40)23-7-10-25(32)11-8-23)22-30(39)37-19-17-36(18-20-37)29-14-12-26(33-34-29)24-9-13-27(41-3)28(21-24)42-4/h7-14,21H,5-6,15-20,22H2,1-4H3. The molecular weight excluding hydrogens is 556 g/mol. The highest BCUT2D eigenvalue weighted by molar-refractivity contribution is 6.30. The highest BCUT2D eigenvalue weighted by atomic mass is 35.5. The lowest BCUT2D eigenvalue weighted by atomic mass is 10.1. The average Bonchev–Trinajstić information content (AvgIpc) is 3.04. The van der Waals surface area contributed by atoms with Gasteiger partial charge >= 0.3 is 0 Å². The number of piperazine rings is 1. The minimum atomic E-state index is -0.171. The Morgan fingerprint density at radius 2 is 1.55 bits per heavy atom. The number of carbonyl (C=O) groups is 2. The SMILES string of the molecule is CCN(CC)CCN(CC(=O)N1CCN(c2ccc(-c3ccc(OC)c(OC)c3)nn2)CC1)C(=O)c1ccc(Cl)cc1. The van der Waals surface area contributed by atoms with Gasteiger partial charge in [-0.25, -0.2) is 0 Å². The van der Waals surface area contributed by atoms with Crippen molar-refractivity contribution in [3.8, 4) is 22.8 Å². The molecule has 3 aromatic rings. The van der Waals surface area contributed by atoms with Crippen molar-refractivity contribution in [1.29, 1.82) is 0 Å². The van der Waals surface area contributed by atoms with Crippen LogP contribution in [0.25, 0.3) is 11.3 Å². The second-order valence-electron chi connectivity index (χ2n) is 9.97. The fourth-order valence-corrected chi connectivity index (χ4v) is 5.05. The summed E-state index contributed by atoms with van der Waals surface area (Å²) in [5.41, 5.74) is 2.12. The molecule has 0 N–H and O–H groups in total. The highest BCUT2D eigenvalue weighted by Crippen LogP contribution is 2.31. The predicted molar refractivity (Wildman–Crippen MR) is 165 cm³/mol. The number of carbonyl (C=O) groups excluding carboxylic acids is 2. The van der Waals surface area contributed by atoms with Gasteiger partial charge in [0.05, 0.1) is 19.9 Å². The number of nitrogens with zero attached hydrogens (tertiary/aromatic N) is 6. The van der Waals surface area contributed by atoms with Gasteiger partial charge in [0.1, 0.15) is 6.54 Å². The van der Waals surface area contributed by atoms with Gasteiger partial charge in [0.15, 0.2) is 17.3 Å². The number of amides is 2. The number of likely N-dealkylation sites (N-methyl/N-ethyl adjacent to an activating group) is 1. The van der Waals surface area contributed by atoms with Gasteiger partial charge in [-0.3, -0.25) is 9.59 Å². The molecule has 10 nitrogen and oxygen atoms in total. The number of rotatable bonds is 12. The monoisotopic (exact) mass is 594 g/mol. The summed E-state index contributed by atoms with van der Waals surface area (Å²) in [6.45, 7) is 9.47. The zero-order chi connectivity index (χ0) is 30.1. The number of halogens is 1. The first-order valence-electron chi connectivity index (χ1n) is 14.2. The first-order valence-corrected chi connectivity index (χ1v) is 14.6. The van der Waals surface area contributed by atoms with Crippen LogP contribution in [0.1, 0.15) is 24.2 Å². The number of hydrogen-bond acceptors (Lipinski definition) is 8. The number of benzene rings is 2. The molecule has 1 aliphatic rings. The normalized spacial score (nSPS) is 13.3. The molecule has 42 heavy (non-hydrogen) atoms. The molecule has 11 heteroatoms. The van der Waals surface area contributed by atoms with Crippen LogP contribution < -0.4 is 14.4 Å². The molecule has 2 heterocycles. The van der Waals surface area contributed by atoms with Crippen molar-refractivity contribution in [2.24, 2.45) is 0 Å². The number of hydrogen-bond donors (Lipinski definition) is 0. The van der Waals surface area contributed by atoms with Crippen LogP contribution in [0.4, 0.5) is 5.82 Å². The summed E-state index contributed by atoms with van der Waals surface area (Å²) in [4.78, 5) is 34.5. The fourth-order valence-electron chi connectivity index (χ4n) is 4.92. The number of anilines is 1. The van der Waals surface area contributed by atoms with Crippen LogP contribution in [0.15, 0.2) is 54.6 Å². The van der Waals surface area contributed by atoms with E-state index in [9.17, 15) is 9.59 Å². The van der Waals surface area contributed by atoms with Crippen molar-refractivity contribution in [3.63, 3.8) is 0 Å². The summed E-state index contributed by atoms with van der Waals surface area (Å²) in [5, 5.41) is 9.44. The molecular formula is C31H39ClN6O4. The largest absolute Gasteiger partial charge is 0.493 e. The third-order valence-electron chi connectivity index (χ3n) is 7.57. The van der Waals surface area contributed by atoms with Crippen LogP contribution in [-0.4, -0.2) is 110 Å². The minimum Gasteiger partial charge on any atom is -0.493 e. The lowest BCUT2D eigenvalue weighted by molar-refractivity contribution is -0.132. The molecule has 2 amide bonds. The summed E-state index contributed by atoms with van der Waals surface area (Å²) in [5.74, 6) is 1.80. The highest BCUT2D eigenvalue weighted by Gasteiger charge is 2.26. The Morgan fingerprint density at radius 3 is 2.14 bits per heavy atom. The van der Waals surface area contributed by atoms with E-state index >= 15 is 0 Å². The Bertz CT molecular complexity index is 1330. The maximum atomic E-state index is 13.4. The average molecular weight is 595 g/mol. The zero-order valence-corrected chi connectivity index (χ0v) is 25.5. The smallest absolute Gasteiger partial charge is 0.254 e. The van der Waals surface area contributed by atoms with E-state index in [1.807, 2.05) is 35.2 Å². The van der Waals surface area contributed by atoms with Crippen LogP contribution in [-0.2, 0) is 4.79 Å². The minimum absolute atomic E-state index is 0.0303. The summed E-state index contributed by atoms with van der Waals surface area (Å²) in [6, 6.07) is 16.3. The molecule has 0 radical (unpaired) electrons. The molecule has 1 fully saturated rings. The Labute approximate surface area is 252 Å². The second-order valence-corrected chi connectivity index (χ2v) is 10.4. The Morgan fingerprint density at radius 1 is 0.857 bits per heavy atom. The lowest BCUT2D eigenvalue weighted by Crippen LogP contribution is -2.52. The van der Waals surface area contributed by atoms with Gasteiger partial charge in [-0.2, -0.15) is 0 Å². The molecule has 1 aromatic heterocycles. The topological polar surface area (TPSA) is 91.3 Å². The van der Waals surface area contributed by atoms with Gasteiger partial charge < -0.3 is 29.1 Å². The molecule has 0 atom stereocenters. The molecule has 0 bridgehead atoms. The van der Waals surface area contributed by atoms with E-state index in [1.165, 1.54) is 0 Å². The van der Waals surface area contributed by atoms with Gasteiger partial charge in [0.25, 0.3) is 5.91 Å². The third-order valence-corrected chi connectivity index (χ3v) is 7.82.